The van der Waals surface area contributed by atoms with Crippen LogP contribution in [-0.2, 0) is 0 Å². The number of ether oxygens (including phenoxy) is 2. The molecule has 0 aliphatic heterocycles. The SMILES string of the molecule is COc1ccc(C(C)NC(=O)Nc2cccc(Cl)c2)cc1OC. The summed E-state index contributed by atoms with van der Waals surface area (Å²) in [5.41, 5.74) is 1.54. The van der Waals surface area contributed by atoms with Gasteiger partial charge in [0, 0.05) is 10.7 Å². The van der Waals surface area contributed by atoms with Gasteiger partial charge in [-0.3, -0.25) is 0 Å². The number of hydrogen-bond donors (Lipinski definition) is 2. The minimum absolute atomic E-state index is 0.200. The van der Waals surface area contributed by atoms with Crippen LogP contribution in [0.3, 0.4) is 0 Å². The molecule has 1 unspecified atom stereocenters. The first kappa shape index (κ1) is 17.0. The Hall–Kier alpha value is -2.40. The summed E-state index contributed by atoms with van der Waals surface area (Å²) in [7, 11) is 3.16. The summed E-state index contributed by atoms with van der Waals surface area (Å²) >= 11 is 5.89. The van der Waals surface area contributed by atoms with Crippen molar-refractivity contribution in [1.29, 1.82) is 0 Å². The van der Waals surface area contributed by atoms with Crippen LogP contribution in [0.5, 0.6) is 11.5 Å². The molecule has 0 saturated heterocycles. The van der Waals surface area contributed by atoms with Crippen LogP contribution in [0.4, 0.5) is 10.5 Å². The molecule has 6 heteroatoms. The minimum atomic E-state index is -0.311. The summed E-state index contributed by atoms with van der Waals surface area (Å²) in [6, 6.07) is 12.0. The molecule has 0 aliphatic rings. The van der Waals surface area contributed by atoms with E-state index in [9.17, 15) is 4.79 Å². The van der Waals surface area contributed by atoms with E-state index in [0.29, 0.717) is 22.2 Å². The number of nitrogens with one attached hydrogen (secondary N) is 2. The summed E-state index contributed by atoms with van der Waals surface area (Å²) in [6.45, 7) is 1.89. The fraction of sp³-hybridized carbons (Fsp3) is 0.235. The van der Waals surface area contributed by atoms with Crippen molar-refractivity contribution >= 4 is 23.3 Å². The molecule has 23 heavy (non-hydrogen) atoms. The molecule has 2 rings (SSSR count). The highest BCUT2D eigenvalue weighted by atomic mass is 35.5. The van der Waals surface area contributed by atoms with E-state index in [1.54, 1.807) is 44.6 Å². The van der Waals surface area contributed by atoms with E-state index in [1.807, 2.05) is 19.1 Å². The molecule has 122 valence electrons. The molecule has 0 fully saturated rings. The van der Waals surface area contributed by atoms with Gasteiger partial charge in [-0.15, -0.1) is 0 Å². The number of methoxy groups -OCH3 is 2. The van der Waals surface area contributed by atoms with Gasteiger partial charge >= 0.3 is 6.03 Å². The summed E-state index contributed by atoms with van der Waals surface area (Å²) in [4.78, 5) is 12.1. The fourth-order valence-corrected chi connectivity index (χ4v) is 2.33. The number of urea groups is 1. The van der Waals surface area contributed by atoms with E-state index in [2.05, 4.69) is 10.6 Å². The van der Waals surface area contributed by atoms with Crippen LogP contribution in [-0.4, -0.2) is 20.3 Å². The van der Waals surface area contributed by atoms with Crippen molar-refractivity contribution in [2.45, 2.75) is 13.0 Å². The maximum absolute atomic E-state index is 12.1. The van der Waals surface area contributed by atoms with Gasteiger partial charge in [0.05, 0.1) is 20.3 Å². The maximum Gasteiger partial charge on any atom is 0.319 e. The number of anilines is 1. The zero-order valence-electron chi connectivity index (χ0n) is 13.2. The van der Waals surface area contributed by atoms with Crippen molar-refractivity contribution in [2.75, 3.05) is 19.5 Å². The second kappa shape index (κ2) is 7.74. The van der Waals surface area contributed by atoms with Gasteiger partial charge in [-0.2, -0.15) is 0 Å². The average molecular weight is 335 g/mol. The lowest BCUT2D eigenvalue weighted by molar-refractivity contribution is 0.249. The van der Waals surface area contributed by atoms with Crippen molar-refractivity contribution < 1.29 is 14.3 Å². The molecule has 2 aromatic carbocycles. The van der Waals surface area contributed by atoms with Crippen molar-refractivity contribution in [3.8, 4) is 11.5 Å². The monoisotopic (exact) mass is 334 g/mol. The van der Waals surface area contributed by atoms with Crippen molar-refractivity contribution in [3.63, 3.8) is 0 Å². The maximum atomic E-state index is 12.1. The topological polar surface area (TPSA) is 59.6 Å². The van der Waals surface area contributed by atoms with Crippen LogP contribution >= 0.6 is 11.6 Å². The van der Waals surface area contributed by atoms with Gasteiger partial charge in [0.1, 0.15) is 0 Å². The normalized spacial score (nSPS) is 11.5. The molecule has 0 bridgehead atoms. The van der Waals surface area contributed by atoms with Gasteiger partial charge in [-0.1, -0.05) is 23.7 Å². The standard InChI is InChI=1S/C17H19ClN2O3/c1-11(12-7-8-15(22-2)16(9-12)23-3)19-17(21)20-14-6-4-5-13(18)10-14/h4-11H,1-3H3,(H2,19,20,21). The van der Waals surface area contributed by atoms with Crippen LogP contribution < -0.4 is 20.1 Å². The highest BCUT2D eigenvalue weighted by Crippen LogP contribution is 2.29. The second-order valence-electron chi connectivity index (χ2n) is 4.94. The molecule has 0 radical (unpaired) electrons. The number of amides is 2. The summed E-state index contributed by atoms with van der Waals surface area (Å²) < 4.78 is 10.5. The van der Waals surface area contributed by atoms with Gasteiger partial charge in [0.2, 0.25) is 0 Å². The van der Waals surface area contributed by atoms with Crippen LogP contribution in [0.15, 0.2) is 42.5 Å². The molecule has 5 nitrogen and oxygen atoms in total. The molecule has 0 saturated carbocycles. The molecule has 0 aliphatic carbocycles. The fourth-order valence-electron chi connectivity index (χ4n) is 2.14. The Bertz CT molecular complexity index is 691. The number of benzene rings is 2. The highest BCUT2D eigenvalue weighted by Gasteiger charge is 2.12. The quantitative estimate of drug-likeness (QED) is 0.859. The lowest BCUT2D eigenvalue weighted by Gasteiger charge is -2.17. The average Bonchev–Trinajstić information content (AvgIpc) is 2.53. The first-order chi connectivity index (χ1) is 11.0. The van der Waals surface area contributed by atoms with E-state index in [1.165, 1.54) is 0 Å². The third kappa shape index (κ3) is 4.53. The Morgan fingerprint density at radius 1 is 1.09 bits per heavy atom. The number of carbonyl (C=O) groups excluding carboxylic acids is 1. The molecule has 0 spiro atoms. The van der Waals surface area contributed by atoms with Crippen molar-refractivity contribution in [1.82, 2.24) is 5.32 Å². The lowest BCUT2D eigenvalue weighted by atomic mass is 10.1. The van der Waals surface area contributed by atoms with Crippen LogP contribution in [0.2, 0.25) is 5.02 Å². The minimum Gasteiger partial charge on any atom is -0.493 e. The molecular weight excluding hydrogens is 316 g/mol. The molecule has 2 N–H and O–H groups in total. The largest absolute Gasteiger partial charge is 0.493 e. The molecule has 1 atom stereocenters. The van der Waals surface area contributed by atoms with Crippen LogP contribution in [0.1, 0.15) is 18.5 Å². The molecule has 2 amide bonds. The number of carbonyl (C=O) groups is 1. The van der Waals surface area contributed by atoms with Crippen molar-refractivity contribution in [3.05, 3.63) is 53.1 Å². The van der Waals surface area contributed by atoms with E-state index in [0.717, 1.165) is 5.56 Å². The first-order valence-electron chi connectivity index (χ1n) is 7.08. The third-order valence-electron chi connectivity index (χ3n) is 3.34. The Morgan fingerprint density at radius 2 is 1.83 bits per heavy atom. The summed E-state index contributed by atoms with van der Waals surface area (Å²) in [5.74, 6) is 1.26. The lowest BCUT2D eigenvalue weighted by Crippen LogP contribution is -2.31. The molecular formula is C17H19ClN2O3. The zero-order chi connectivity index (χ0) is 16.8. The predicted octanol–water partition coefficient (Wildman–Crippen LogP) is 4.24. The smallest absolute Gasteiger partial charge is 0.319 e. The Morgan fingerprint density at radius 3 is 2.48 bits per heavy atom. The van der Waals surface area contributed by atoms with Gasteiger partial charge in [-0.25, -0.2) is 4.79 Å². The predicted molar refractivity (Wildman–Crippen MR) is 91.6 cm³/mol. The van der Waals surface area contributed by atoms with Gasteiger partial charge < -0.3 is 20.1 Å². The second-order valence-corrected chi connectivity index (χ2v) is 5.38. The Labute approximate surface area is 140 Å². The summed E-state index contributed by atoms with van der Waals surface area (Å²) in [5, 5.41) is 6.17. The molecule has 0 heterocycles. The summed E-state index contributed by atoms with van der Waals surface area (Å²) in [6.07, 6.45) is 0. The number of hydrogen-bond acceptors (Lipinski definition) is 3. The van der Waals surface area contributed by atoms with Gasteiger partial charge in [0.15, 0.2) is 11.5 Å². The van der Waals surface area contributed by atoms with Gasteiger partial charge in [0.25, 0.3) is 0 Å². The van der Waals surface area contributed by atoms with Crippen LogP contribution in [0, 0.1) is 0 Å². The van der Waals surface area contributed by atoms with Crippen molar-refractivity contribution in [2.24, 2.45) is 0 Å². The van der Waals surface area contributed by atoms with Gasteiger partial charge in [-0.05, 0) is 42.8 Å². The molecule has 0 aromatic heterocycles. The number of halogens is 1. The van der Waals surface area contributed by atoms with E-state index >= 15 is 0 Å². The van der Waals surface area contributed by atoms with E-state index in [-0.39, 0.29) is 12.1 Å². The zero-order valence-corrected chi connectivity index (χ0v) is 14.0. The molecule has 2 aromatic rings. The third-order valence-corrected chi connectivity index (χ3v) is 3.57. The Balaban J connectivity index is 2.03. The van der Waals surface area contributed by atoms with E-state index < -0.39 is 0 Å². The first-order valence-corrected chi connectivity index (χ1v) is 7.46. The number of rotatable bonds is 5. The van der Waals surface area contributed by atoms with Crippen LogP contribution in [0.25, 0.3) is 0 Å². The van der Waals surface area contributed by atoms with E-state index in [4.69, 9.17) is 21.1 Å². The highest BCUT2D eigenvalue weighted by molar-refractivity contribution is 6.30. The Kier molecular flexibility index (Phi) is 5.71.